The largest absolute Gasteiger partial charge is 0.493 e. The summed E-state index contributed by atoms with van der Waals surface area (Å²) in [5.41, 5.74) is 4.34. The van der Waals surface area contributed by atoms with Gasteiger partial charge in [-0.05, 0) is 60.2 Å². The number of nitrogens with zero attached hydrogens (tertiary/aromatic N) is 2. The number of aryl methyl sites for hydroxylation is 2. The van der Waals surface area contributed by atoms with Crippen LogP contribution in [0.1, 0.15) is 49.6 Å². The number of nitrogens with one attached hydrogen (secondary N) is 1. The van der Waals surface area contributed by atoms with Gasteiger partial charge in [-0.1, -0.05) is 67.9 Å². The van der Waals surface area contributed by atoms with Crippen LogP contribution in [0.5, 0.6) is 5.75 Å². The maximum absolute atomic E-state index is 12.3. The lowest BCUT2D eigenvalue weighted by atomic mass is 10.0. The van der Waals surface area contributed by atoms with Crippen molar-refractivity contribution in [3.05, 3.63) is 94.8 Å². The van der Waals surface area contributed by atoms with Crippen molar-refractivity contribution in [1.29, 1.82) is 0 Å². The third kappa shape index (κ3) is 6.88. The van der Waals surface area contributed by atoms with Gasteiger partial charge in [-0.25, -0.2) is 4.98 Å². The number of imidazole rings is 1. The first-order chi connectivity index (χ1) is 17.5. The predicted octanol–water partition coefficient (Wildman–Crippen LogP) is 6.57. The Hall–Kier alpha value is -3.31. The van der Waals surface area contributed by atoms with Crippen LogP contribution in [-0.2, 0) is 24.2 Å². The summed E-state index contributed by atoms with van der Waals surface area (Å²) in [5.74, 6) is 2.46. The quantitative estimate of drug-likeness (QED) is 0.222. The second kappa shape index (κ2) is 12.6. The van der Waals surface area contributed by atoms with Crippen molar-refractivity contribution in [2.75, 3.05) is 13.2 Å². The van der Waals surface area contributed by atoms with E-state index < -0.39 is 0 Å². The summed E-state index contributed by atoms with van der Waals surface area (Å²) >= 11 is 5.92. The SMILES string of the molecule is CC(C)c1ccccc1OCCCn1c(CCCNC(=O)Cc2ccc(Cl)cc2)nc2ccccc21. The molecule has 3 aromatic carbocycles. The minimum absolute atomic E-state index is 0.0182. The fourth-order valence-corrected chi connectivity index (χ4v) is 4.51. The molecule has 0 saturated heterocycles. The number of fused-ring (bicyclic) bond motifs is 1. The first kappa shape index (κ1) is 25.8. The Bertz CT molecular complexity index is 1280. The molecule has 0 aliphatic rings. The number of hydrogen-bond acceptors (Lipinski definition) is 3. The van der Waals surface area contributed by atoms with Gasteiger partial charge in [0.25, 0.3) is 0 Å². The molecule has 1 amide bonds. The summed E-state index contributed by atoms with van der Waals surface area (Å²) < 4.78 is 8.43. The summed E-state index contributed by atoms with van der Waals surface area (Å²) in [4.78, 5) is 17.2. The molecule has 0 atom stereocenters. The first-order valence-corrected chi connectivity index (χ1v) is 13.1. The Labute approximate surface area is 218 Å². The number of ether oxygens (including phenoxy) is 1. The third-order valence-corrected chi connectivity index (χ3v) is 6.49. The van der Waals surface area contributed by atoms with E-state index in [-0.39, 0.29) is 5.91 Å². The van der Waals surface area contributed by atoms with Crippen molar-refractivity contribution in [2.45, 2.75) is 52.0 Å². The van der Waals surface area contributed by atoms with E-state index in [1.165, 1.54) is 5.56 Å². The van der Waals surface area contributed by atoms with Gasteiger partial charge in [0.2, 0.25) is 5.91 Å². The molecule has 1 aromatic heterocycles. The van der Waals surface area contributed by atoms with E-state index in [1.807, 2.05) is 36.4 Å². The molecule has 0 radical (unpaired) electrons. The van der Waals surface area contributed by atoms with Crippen LogP contribution in [0, 0.1) is 0 Å². The Kier molecular flexibility index (Phi) is 9.01. The molecule has 0 spiro atoms. The highest BCUT2D eigenvalue weighted by atomic mass is 35.5. The Morgan fingerprint density at radius 1 is 1.00 bits per heavy atom. The minimum atomic E-state index is 0.0182. The van der Waals surface area contributed by atoms with Crippen LogP contribution in [-0.4, -0.2) is 28.6 Å². The average Bonchev–Trinajstić information content (AvgIpc) is 3.23. The Balaban J connectivity index is 1.30. The highest BCUT2D eigenvalue weighted by Crippen LogP contribution is 2.26. The zero-order valence-corrected chi connectivity index (χ0v) is 21.8. The van der Waals surface area contributed by atoms with Crippen LogP contribution in [0.4, 0.5) is 0 Å². The smallest absolute Gasteiger partial charge is 0.224 e. The molecule has 188 valence electrons. The second-order valence-corrected chi connectivity index (χ2v) is 9.76. The molecule has 5 nitrogen and oxygen atoms in total. The molecule has 1 heterocycles. The maximum atomic E-state index is 12.3. The van der Waals surface area contributed by atoms with E-state index in [0.29, 0.717) is 30.5 Å². The van der Waals surface area contributed by atoms with Crippen LogP contribution in [0.25, 0.3) is 11.0 Å². The van der Waals surface area contributed by atoms with Gasteiger partial charge in [0.15, 0.2) is 0 Å². The number of aromatic nitrogens is 2. The van der Waals surface area contributed by atoms with Crippen LogP contribution in [0.2, 0.25) is 5.02 Å². The molecule has 0 fully saturated rings. The van der Waals surface area contributed by atoms with Gasteiger partial charge in [-0.15, -0.1) is 0 Å². The maximum Gasteiger partial charge on any atom is 0.224 e. The molecular formula is C30H34ClN3O2. The van der Waals surface area contributed by atoms with Gasteiger partial charge in [0.05, 0.1) is 24.1 Å². The lowest BCUT2D eigenvalue weighted by molar-refractivity contribution is -0.120. The molecule has 36 heavy (non-hydrogen) atoms. The van der Waals surface area contributed by atoms with E-state index in [2.05, 4.69) is 60.1 Å². The van der Waals surface area contributed by atoms with Crippen LogP contribution >= 0.6 is 11.6 Å². The minimum Gasteiger partial charge on any atom is -0.493 e. The highest BCUT2D eigenvalue weighted by molar-refractivity contribution is 6.30. The molecule has 4 aromatic rings. The van der Waals surface area contributed by atoms with Crippen LogP contribution in [0.3, 0.4) is 0 Å². The molecule has 6 heteroatoms. The van der Waals surface area contributed by atoms with E-state index in [0.717, 1.165) is 54.0 Å². The monoisotopic (exact) mass is 503 g/mol. The standard InChI is InChI=1S/C30H34ClN3O2/c1-22(2)25-9-3-6-12-28(25)36-20-8-19-34-27-11-5-4-10-26(27)33-29(34)13-7-18-32-30(35)21-23-14-16-24(31)17-15-23/h3-6,9-12,14-17,22H,7-8,13,18-21H2,1-2H3,(H,32,35). The summed E-state index contributed by atoms with van der Waals surface area (Å²) in [6.45, 7) is 6.47. The molecular weight excluding hydrogens is 470 g/mol. The highest BCUT2D eigenvalue weighted by Gasteiger charge is 2.12. The zero-order chi connectivity index (χ0) is 25.3. The van der Waals surface area contributed by atoms with E-state index >= 15 is 0 Å². The van der Waals surface area contributed by atoms with E-state index in [4.69, 9.17) is 21.3 Å². The summed E-state index contributed by atoms with van der Waals surface area (Å²) in [7, 11) is 0. The van der Waals surface area contributed by atoms with E-state index in [9.17, 15) is 4.79 Å². The topological polar surface area (TPSA) is 56.1 Å². The molecule has 0 bridgehead atoms. The van der Waals surface area contributed by atoms with Crippen molar-refractivity contribution in [3.8, 4) is 5.75 Å². The number of hydrogen-bond donors (Lipinski definition) is 1. The van der Waals surface area contributed by atoms with Gasteiger partial charge in [0, 0.05) is 24.5 Å². The fourth-order valence-electron chi connectivity index (χ4n) is 4.38. The summed E-state index contributed by atoms with van der Waals surface area (Å²) in [6, 6.07) is 23.9. The normalized spacial score (nSPS) is 11.2. The van der Waals surface area contributed by atoms with E-state index in [1.54, 1.807) is 0 Å². The lowest BCUT2D eigenvalue weighted by Crippen LogP contribution is -2.26. The molecule has 1 N–H and O–H groups in total. The van der Waals surface area contributed by atoms with Crippen LogP contribution < -0.4 is 10.1 Å². The number of carbonyl (C=O) groups excluding carboxylic acids is 1. The molecule has 0 unspecified atom stereocenters. The van der Waals surface area contributed by atoms with Crippen molar-refractivity contribution in [3.63, 3.8) is 0 Å². The van der Waals surface area contributed by atoms with Gasteiger partial charge < -0.3 is 14.6 Å². The van der Waals surface area contributed by atoms with Crippen molar-refractivity contribution in [2.24, 2.45) is 0 Å². The fraction of sp³-hybridized carbons (Fsp3) is 0.333. The van der Waals surface area contributed by atoms with Gasteiger partial charge in [-0.2, -0.15) is 0 Å². The molecule has 0 saturated carbocycles. The van der Waals surface area contributed by atoms with Gasteiger partial charge >= 0.3 is 0 Å². The van der Waals surface area contributed by atoms with Crippen molar-refractivity contribution >= 4 is 28.5 Å². The van der Waals surface area contributed by atoms with Crippen molar-refractivity contribution in [1.82, 2.24) is 14.9 Å². The number of benzene rings is 3. The Morgan fingerprint density at radius 2 is 1.75 bits per heavy atom. The number of rotatable bonds is 12. The molecule has 0 aliphatic heterocycles. The number of para-hydroxylation sites is 3. The lowest BCUT2D eigenvalue weighted by Gasteiger charge is -2.14. The molecule has 0 aliphatic carbocycles. The van der Waals surface area contributed by atoms with Crippen LogP contribution in [0.15, 0.2) is 72.8 Å². The van der Waals surface area contributed by atoms with Gasteiger partial charge in [-0.3, -0.25) is 4.79 Å². The third-order valence-electron chi connectivity index (χ3n) is 6.24. The molecule has 4 rings (SSSR count). The van der Waals surface area contributed by atoms with Crippen molar-refractivity contribution < 1.29 is 9.53 Å². The average molecular weight is 504 g/mol. The zero-order valence-electron chi connectivity index (χ0n) is 21.0. The first-order valence-electron chi connectivity index (χ1n) is 12.7. The second-order valence-electron chi connectivity index (χ2n) is 9.32. The number of amides is 1. The predicted molar refractivity (Wildman–Crippen MR) is 147 cm³/mol. The number of carbonyl (C=O) groups is 1. The number of halogens is 1. The summed E-state index contributed by atoms with van der Waals surface area (Å²) in [5, 5.41) is 3.70. The van der Waals surface area contributed by atoms with Gasteiger partial charge in [0.1, 0.15) is 11.6 Å². The Morgan fingerprint density at radius 3 is 2.56 bits per heavy atom. The summed E-state index contributed by atoms with van der Waals surface area (Å²) in [6.07, 6.45) is 2.87.